The van der Waals surface area contributed by atoms with Crippen LogP contribution in [-0.2, 0) is 16.6 Å². The third-order valence-electron chi connectivity index (χ3n) is 3.23. The quantitative estimate of drug-likeness (QED) is 0.745. The molecule has 118 valence electrons. The van der Waals surface area contributed by atoms with Gasteiger partial charge in [0, 0.05) is 28.7 Å². The predicted molar refractivity (Wildman–Crippen MR) is 93.0 cm³/mol. The summed E-state index contributed by atoms with van der Waals surface area (Å²) < 4.78 is 27.1. The smallest absolute Gasteiger partial charge is 0.240 e. The summed E-state index contributed by atoms with van der Waals surface area (Å²) in [7, 11) is -3.57. The second kappa shape index (κ2) is 6.80. The van der Waals surface area contributed by atoms with Crippen molar-refractivity contribution >= 4 is 33.0 Å². The summed E-state index contributed by atoms with van der Waals surface area (Å²) in [4.78, 5) is 4.50. The third kappa shape index (κ3) is 3.97. The number of nitrogens with zero attached hydrogens (tertiary/aromatic N) is 1. The highest BCUT2D eigenvalue weighted by Gasteiger charge is 2.13. The fourth-order valence-electron chi connectivity index (χ4n) is 2.03. The number of benzene rings is 1. The lowest BCUT2D eigenvalue weighted by Gasteiger charge is -2.08. The Morgan fingerprint density at radius 3 is 2.61 bits per heavy atom. The molecule has 0 aliphatic heterocycles. The zero-order valence-corrected chi connectivity index (χ0v) is 14.3. The molecule has 0 saturated carbocycles. The molecular weight excluding hydrogens is 352 g/mol. The van der Waals surface area contributed by atoms with E-state index in [4.69, 9.17) is 11.6 Å². The van der Waals surface area contributed by atoms with Gasteiger partial charge < -0.3 is 0 Å². The van der Waals surface area contributed by atoms with Gasteiger partial charge in [-0.15, -0.1) is 0 Å². The van der Waals surface area contributed by atoms with E-state index in [0.717, 1.165) is 16.8 Å². The van der Waals surface area contributed by atoms with E-state index in [1.807, 2.05) is 22.9 Å². The fourth-order valence-corrected chi connectivity index (χ4v) is 3.82. The van der Waals surface area contributed by atoms with Gasteiger partial charge in [-0.05, 0) is 53.4 Å². The van der Waals surface area contributed by atoms with E-state index < -0.39 is 10.0 Å². The maximum absolute atomic E-state index is 12.3. The number of nitrogens with one attached hydrogen (secondary N) is 1. The van der Waals surface area contributed by atoms with Crippen molar-refractivity contribution in [1.82, 2.24) is 9.71 Å². The lowest BCUT2D eigenvalue weighted by molar-refractivity contribution is 0.581. The zero-order chi connectivity index (χ0) is 16.3. The van der Waals surface area contributed by atoms with Crippen LogP contribution >= 0.6 is 22.9 Å². The normalized spacial score (nSPS) is 11.5. The summed E-state index contributed by atoms with van der Waals surface area (Å²) in [5, 5.41) is 4.48. The summed E-state index contributed by atoms with van der Waals surface area (Å²) in [6.07, 6.45) is 1.68. The van der Waals surface area contributed by atoms with Crippen molar-refractivity contribution in [2.24, 2.45) is 0 Å². The number of sulfonamides is 1. The highest BCUT2D eigenvalue weighted by atomic mass is 35.5. The Morgan fingerprint density at radius 2 is 1.91 bits per heavy atom. The van der Waals surface area contributed by atoms with Gasteiger partial charge in [-0.3, -0.25) is 4.98 Å². The molecule has 2 aromatic heterocycles. The van der Waals surface area contributed by atoms with Crippen molar-refractivity contribution in [3.63, 3.8) is 0 Å². The molecule has 0 atom stereocenters. The molecule has 0 amide bonds. The van der Waals surface area contributed by atoms with Crippen LogP contribution in [0, 0.1) is 0 Å². The van der Waals surface area contributed by atoms with Gasteiger partial charge in [0.15, 0.2) is 0 Å². The summed E-state index contributed by atoms with van der Waals surface area (Å²) in [5.41, 5.74) is 2.70. The first-order valence-corrected chi connectivity index (χ1v) is 9.58. The van der Waals surface area contributed by atoms with E-state index in [-0.39, 0.29) is 11.4 Å². The zero-order valence-electron chi connectivity index (χ0n) is 11.9. The maximum Gasteiger partial charge on any atom is 0.240 e. The third-order valence-corrected chi connectivity index (χ3v) is 5.58. The van der Waals surface area contributed by atoms with Gasteiger partial charge in [-0.25, -0.2) is 13.1 Å². The minimum absolute atomic E-state index is 0.189. The largest absolute Gasteiger partial charge is 0.256 e. The number of halogens is 1. The number of hydrogen-bond acceptors (Lipinski definition) is 4. The van der Waals surface area contributed by atoms with Crippen LogP contribution in [0.2, 0.25) is 5.02 Å². The lowest BCUT2D eigenvalue weighted by Crippen LogP contribution is -2.23. The maximum atomic E-state index is 12.3. The minimum Gasteiger partial charge on any atom is -0.256 e. The molecule has 3 rings (SSSR count). The number of hydrogen-bond donors (Lipinski definition) is 1. The minimum atomic E-state index is -3.57. The van der Waals surface area contributed by atoms with Crippen LogP contribution in [0.5, 0.6) is 0 Å². The summed E-state index contributed by atoms with van der Waals surface area (Å²) in [6.45, 7) is 0.199. The van der Waals surface area contributed by atoms with Crippen LogP contribution in [0.25, 0.3) is 11.3 Å². The molecule has 1 N–H and O–H groups in total. The second-order valence-corrected chi connectivity index (χ2v) is 7.82. The Kier molecular flexibility index (Phi) is 4.77. The van der Waals surface area contributed by atoms with Gasteiger partial charge >= 0.3 is 0 Å². The van der Waals surface area contributed by atoms with E-state index in [1.54, 1.807) is 35.7 Å². The second-order valence-electron chi connectivity index (χ2n) is 4.84. The molecule has 0 radical (unpaired) electrons. The Bertz CT molecular complexity index is 892. The summed E-state index contributed by atoms with van der Waals surface area (Å²) >= 11 is 7.37. The van der Waals surface area contributed by atoms with Crippen LogP contribution in [0.1, 0.15) is 5.56 Å². The van der Waals surface area contributed by atoms with Crippen LogP contribution in [0.4, 0.5) is 0 Å². The molecule has 23 heavy (non-hydrogen) atoms. The van der Waals surface area contributed by atoms with Crippen molar-refractivity contribution in [2.75, 3.05) is 0 Å². The van der Waals surface area contributed by atoms with E-state index >= 15 is 0 Å². The molecule has 4 nitrogen and oxygen atoms in total. The molecule has 7 heteroatoms. The molecule has 0 aliphatic rings. The van der Waals surface area contributed by atoms with Crippen LogP contribution in [0.3, 0.4) is 0 Å². The molecule has 0 aliphatic carbocycles. The average Bonchev–Trinajstić information content (AvgIpc) is 3.08. The predicted octanol–water partition coefficient (Wildman–Crippen LogP) is 3.94. The Balaban J connectivity index is 1.75. The average molecular weight is 365 g/mol. The van der Waals surface area contributed by atoms with E-state index in [9.17, 15) is 8.42 Å². The Hall–Kier alpha value is -1.73. The molecule has 0 fully saturated rings. The Morgan fingerprint density at radius 1 is 1.13 bits per heavy atom. The van der Waals surface area contributed by atoms with E-state index in [2.05, 4.69) is 9.71 Å². The number of aromatic nitrogens is 1. The Labute approximate surface area is 143 Å². The first kappa shape index (κ1) is 16.1. The molecular formula is C16H13ClN2O2S2. The van der Waals surface area contributed by atoms with Gasteiger partial charge in [0.1, 0.15) is 0 Å². The molecule has 0 unspecified atom stereocenters. The molecule has 0 spiro atoms. The van der Waals surface area contributed by atoms with Crippen molar-refractivity contribution < 1.29 is 8.42 Å². The standard InChI is InChI=1S/C16H13ClN2O2S2/c17-14-1-3-15(4-2-14)23(20,21)19-10-12-5-7-18-16(9-12)13-6-8-22-11-13/h1-9,11,19H,10H2. The van der Waals surface area contributed by atoms with Crippen LogP contribution in [-0.4, -0.2) is 13.4 Å². The van der Waals surface area contributed by atoms with Gasteiger partial charge in [0.25, 0.3) is 0 Å². The molecule has 0 saturated heterocycles. The van der Waals surface area contributed by atoms with Gasteiger partial charge in [-0.1, -0.05) is 11.6 Å². The van der Waals surface area contributed by atoms with Gasteiger partial charge in [-0.2, -0.15) is 11.3 Å². The van der Waals surface area contributed by atoms with E-state index in [0.29, 0.717) is 5.02 Å². The van der Waals surface area contributed by atoms with Gasteiger partial charge in [0.05, 0.1) is 10.6 Å². The van der Waals surface area contributed by atoms with Crippen LogP contribution < -0.4 is 4.72 Å². The van der Waals surface area contributed by atoms with Crippen LogP contribution in [0.15, 0.2) is 64.3 Å². The molecule has 3 aromatic rings. The SMILES string of the molecule is O=S(=O)(NCc1ccnc(-c2ccsc2)c1)c1ccc(Cl)cc1. The number of pyridine rings is 1. The van der Waals surface area contributed by atoms with Crippen molar-refractivity contribution in [3.05, 3.63) is 70.0 Å². The van der Waals surface area contributed by atoms with Crippen molar-refractivity contribution in [1.29, 1.82) is 0 Å². The monoisotopic (exact) mass is 364 g/mol. The van der Waals surface area contributed by atoms with E-state index in [1.165, 1.54) is 12.1 Å². The topological polar surface area (TPSA) is 59.1 Å². The summed E-state index contributed by atoms with van der Waals surface area (Å²) in [6, 6.07) is 11.7. The highest BCUT2D eigenvalue weighted by molar-refractivity contribution is 7.89. The molecule has 0 bridgehead atoms. The number of thiophene rings is 1. The first-order chi connectivity index (χ1) is 11.0. The highest BCUT2D eigenvalue weighted by Crippen LogP contribution is 2.21. The first-order valence-electron chi connectivity index (χ1n) is 6.77. The fraction of sp³-hybridized carbons (Fsp3) is 0.0625. The van der Waals surface area contributed by atoms with Crippen molar-refractivity contribution in [3.8, 4) is 11.3 Å². The van der Waals surface area contributed by atoms with Crippen molar-refractivity contribution in [2.45, 2.75) is 11.4 Å². The lowest BCUT2D eigenvalue weighted by atomic mass is 10.1. The van der Waals surface area contributed by atoms with Gasteiger partial charge in [0.2, 0.25) is 10.0 Å². The molecule has 2 heterocycles. The molecule has 1 aromatic carbocycles. The summed E-state index contributed by atoms with van der Waals surface area (Å²) in [5.74, 6) is 0. The number of rotatable bonds is 5.